The van der Waals surface area contributed by atoms with Crippen LogP contribution in [-0.4, -0.2) is 43.9 Å². The number of rotatable bonds is 6. The highest BCUT2D eigenvalue weighted by molar-refractivity contribution is 7.94. The van der Waals surface area contributed by atoms with Crippen molar-refractivity contribution in [2.45, 2.75) is 25.8 Å². The van der Waals surface area contributed by atoms with Crippen LogP contribution in [0.2, 0.25) is 0 Å². The number of hydrogen-bond donors (Lipinski definition) is 3. The van der Waals surface area contributed by atoms with Gasteiger partial charge in [0.05, 0.1) is 17.7 Å². The second-order valence-corrected chi connectivity index (χ2v) is 6.48. The van der Waals surface area contributed by atoms with Crippen LogP contribution in [-0.2, 0) is 14.6 Å². The van der Waals surface area contributed by atoms with E-state index >= 15 is 0 Å². The summed E-state index contributed by atoms with van der Waals surface area (Å²) in [6.45, 7) is 1.96. The molecule has 8 heteroatoms. The Morgan fingerprint density at radius 3 is 2.68 bits per heavy atom. The summed E-state index contributed by atoms with van der Waals surface area (Å²) < 4.78 is 22.2. The number of carbonyl (C=O) groups excluding carboxylic acids is 1. The summed E-state index contributed by atoms with van der Waals surface area (Å²) in [5.74, 6) is -1.41. The second kappa shape index (κ2) is 6.55. The fourth-order valence-corrected chi connectivity index (χ4v) is 2.85. The van der Waals surface area contributed by atoms with E-state index in [0.29, 0.717) is 19.4 Å². The predicted molar refractivity (Wildman–Crippen MR) is 69.3 cm³/mol. The van der Waals surface area contributed by atoms with Crippen LogP contribution in [0.25, 0.3) is 0 Å². The van der Waals surface area contributed by atoms with Gasteiger partial charge < -0.3 is 15.7 Å². The molecule has 0 bridgehead atoms. The van der Waals surface area contributed by atoms with Gasteiger partial charge in [0.15, 0.2) is 9.84 Å². The molecule has 0 aromatic heterocycles. The molecular formula is C11H18N2O5S. The SMILES string of the molecule is CC(CCCNC(=O)NC1C=CS(=O)(=O)C1)C(=O)O. The van der Waals surface area contributed by atoms with Gasteiger partial charge in [-0.25, -0.2) is 13.2 Å². The number of amides is 2. The minimum absolute atomic E-state index is 0.115. The molecule has 0 spiro atoms. The molecule has 2 amide bonds. The fraction of sp³-hybridized carbons (Fsp3) is 0.636. The molecule has 0 radical (unpaired) electrons. The van der Waals surface area contributed by atoms with Crippen LogP contribution in [0.15, 0.2) is 11.5 Å². The minimum Gasteiger partial charge on any atom is -0.481 e. The summed E-state index contributed by atoms with van der Waals surface area (Å²) in [5.41, 5.74) is 0. The zero-order valence-electron chi connectivity index (χ0n) is 10.6. The third kappa shape index (κ3) is 5.73. The second-order valence-electron chi connectivity index (χ2n) is 4.55. The van der Waals surface area contributed by atoms with Gasteiger partial charge in [0.1, 0.15) is 0 Å². The highest BCUT2D eigenvalue weighted by atomic mass is 32.2. The average molecular weight is 290 g/mol. The molecule has 1 aliphatic heterocycles. The Morgan fingerprint density at radius 2 is 2.16 bits per heavy atom. The van der Waals surface area contributed by atoms with Crippen molar-refractivity contribution in [3.63, 3.8) is 0 Å². The van der Waals surface area contributed by atoms with Crippen LogP contribution >= 0.6 is 0 Å². The molecule has 1 heterocycles. The Bertz CT molecular complexity index is 471. The van der Waals surface area contributed by atoms with Crippen molar-refractivity contribution < 1.29 is 23.1 Å². The van der Waals surface area contributed by atoms with Crippen molar-refractivity contribution in [2.24, 2.45) is 5.92 Å². The summed E-state index contributed by atoms with van der Waals surface area (Å²) in [4.78, 5) is 22.0. The number of sulfone groups is 1. The van der Waals surface area contributed by atoms with E-state index in [0.717, 1.165) is 5.41 Å². The average Bonchev–Trinajstić information content (AvgIpc) is 2.63. The molecule has 0 aromatic carbocycles. The van der Waals surface area contributed by atoms with Crippen LogP contribution in [0.4, 0.5) is 4.79 Å². The molecule has 19 heavy (non-hydrogen) atoms. The molecule has 1 aliphatic rings. The number of nitrogens with one attached hydrogen (secondary N) is 2. The zero-order chi connectivity index (χ0) is 14.5. The number of carboxylic acids is 1. The van der Waals surface area contributed by atoms with Gasteiger partial charge in [0.2, 0.25) is 0 Å². The summed E-state index contributed by atoms with van der Waals surface area (Å²) in [6.07, 6.45) is 2.47. The maximum atomic E-state index is 11.4. The van der Waals surface area contributed by atoms with Crippen molar-refractivity contribution in [3.8, 4) is 0 Å². The first-order chi connectivity index (χ1) is 8.80. The van der Waals surface area contributed by atoms with Crippen LogP contribution in [0, 0.1) is 5.92 Å². The molecule has 0 fully saturated rings. The van der Waals surface area contributed by atoms with E-state index in [1.165, 1.54) is 6.08 Å². The van der Waals surface area contributed by atoms with E-state index in [4.69, 9.17) is 5.11 Å². The van der Waals surface area contributed by atoms with Crippen molar-refractivity contribution in [1.82, 2.24) is 10.6 Å². The summed E-state index contributed by atoms with van der Waals surface area (Å²) in [7, 11) is -3.18. The third-order valence-electron chi connectivity index (χ3n) is 2.77. The smallest absolute Gasteiger partial charge is 0.315 e. The van der Waals surface area contributed by atoms with E-state index in [1.807, 2.05) is 0 Å². The maximum absolute atomic E-state index is 11.4. The Hall–Kier alpha value is -1.57. The lowest BCUT2D eigenvalue weighted by Crippen LogP contribution is -2.42. The van der Waals surface area contributed by atoms with E-state index < -0.39 is 33.8 Å². The number of urea groups is 1. The molecule has 0 saturated carbocycles. The van der Waals surface area contributed by atoms with Crippen molar-refractivity contribution in [3.05, 3.63) is 11.5 Å². The monoisotopic (exact) mass is 290 g/mol. The minimum atomic E-state index is -3.18. The third-order valence-corrected chi connectivity index (χ3v) is 4.16. The van der Waals surface area contributed by atoms with Gasteiger partial charge in [0, 0.05) is 12.0 Å². The van der Waals surface area contributed by atoms with Gasteiger partial charge in [0.25, 0.3) is 0 Å². The lowest BCUT2D eigenvalue weighted by Gasteiger charge is -2.11. The summed E-state index contributed by atoms with van der Waals surface area (Å²) >= 11 is 0. The van der Waals surface area contributed by atoms with Crippen LogP contribution in [0.1, 0.15) is 19.8 Å². The summed E-state index contributed by atoms with van der Waals surface area (Å²) in [5, 5.41) is 14.8. The topological polar surface area (TPSA) is 113 Å². The fourth-order valence-electron chi connectivity index (χ4n) is 1.62. The van der Waals surface area contributed by atoms with Crippen molar-refractivity contribution >= 4 is 21.8 Å². The molecule has 2 unspecified atom stereocenters. The normalized spacial score (nSPS) is 21.8. The van der Waals surface area contributed by atoms with Crippen molar-refractivity contribution in [2.75, 3.05) is 12.3 Å². The van der Waals surface area contributed by atoms with Gasteiger partial charge in [-0.1, -0.05) is 6.92 Å². The van der Waals surface area contributed by atoms with Crippen LogP contribution in [0.5, 0.6) is 0 Å². The highest BCUT2D eigenvalue weighted by Gasteiger charge is 2.22. The molecular weight excluding hydrogens is 272 g/mol. The van der Waals surface area contributed by atoms with E-state index in [9.17, 15) is 18.0 Å². The Kier molecular flexibility index (Phi) is 5.34. The maximum Gasteiger partial charge on any atom is 0.315 e. The van der Waals surface area contributed by atoms with E-state index in [1.54, 1.807) is 6.92 Å². The number of aliphatic carboxylic acids is 1. The lowest BCUT2D eigenvalue weighted by atomic mass is 10.1. The number of hydrogen-bond acceptors (Lipinski definition) is 4. The molecule has 3 N–H and O–H groups in total. The van der Waals surface area contributed by atoms with Gasteiger partial charge >= 0.3 is 12.0 Å². The largest absolute Gasteiger partial charge is 0.481 e. The van der Waals surface area contributed by atoms with E-state index in [2.05, 4.69) is 10.6 Å². The number of carbonyl (C=O) groups is 2. The van der Waals surface area contributed by atoms with E-state index in [-0.39, 0.29) is 5.75 Å². The molecule has 2 atom stereocenters. The van der Waals surface area contributed by atoms with Gasteiger partial charge in [-0.05, 0) is 18.9 Å². The quantitative estimate of drug-likeness (QED) is 0.600. The predicted octanol–water partition coefficient (Wildman–Crippen LogP) is 0.0972. The zero-order valence-corrected chi connectivity index (χ0v) is 11.4. The lowest BCUT2D eigenvalue weighted by molar-refractivity contribution is -0.141. The molecule has 0 aromatic rings. The van der Waals surface area contributed by atoms with Gasteiger partial charge in [-0.15, -0.1) is 0 Å². The Morgan fingerprint density at radius 1 is 1.47 bits per heavy atom. The molecule has 0 saturated heterocycles. The first kappa shape index (κ1) is 15.5. The standard InChI is InChI=1S/C11H18N2O5S/c1-8(10(14)15)3-2-5-12-11(16)13-9-4-6-19(17,18)7-9/h4,6,8-9H,2-3,5,7H2,1H3,(H,14,15)(H2,12,13,16). The van der Waals surface area contributed by atoms with Gasteiger partial charge in [-0.2, -0.15) is 0 Å². The van der Waals surface area contributed by atoms with Crippen LogP contribution in [0.3, 0.4) is 0 Å². The Balaban J connectivity index is 2.16. The molecule has 108 valence electrons. The molecule has 0 aliphatic carbocycles. The highest BCUT2D eigenvalue weighted by Crippen LogP contribution is 2.07. The van der Waals surface area contributed by atoms with Crippen LogP contribution < -0.4 is 10.6 Å². The summed E-state index contributed by atoms with van der Waals surface area (Å²) in [6, 6.07) is -0.947. The molecule has 1 rings (SSSR count). The Labute approximate surface area is 112 Å². The first-order valence-corrected chi connectivity index (χ1v) is 7.70. The van der Waals surface area contributed by atoms with Crippen molar-refractivity contribution in [1.29, 1.82) is 0 Å². The molecule has 7 nitrogen and oxygen atoms in total. The first-order valence-electron chi connectivity index (χ1n) is 5.98. The van der Waals surface area contributed by atoms with Gasteiger partial charge in [-0.3, -0.25) is 4.79 Å². The number of carboxylic acid groups (broad SMARTS) is 1.